The maximum atomic E-state index is 12.9. The maximum Gasteiger partial charge on any atom is 0.306 e. The number of esters is 2. The zero-order chi connectivity index (χ0) is 74.0. The number of phosphoric acid groups is 1. The van der Waals surface area contributed by atoms with Crippen molar-refractivity contribution in [1.82, 2.24) is 0 Å². The molecule has 0 rings (SSSR count). The number of quaternary nitrogens is 1. The summed E-state index contributed by atoms with van der Waals surface area (Å²) in [5.74, 6) is -0.802. The molecular formula is C92H176NO8P. The first-order valence-electron chi connectivity index (χ1n) is 45.3. The number of ether oxygens (including phenoxy) is 2. The number of rotatable bonds is 86. The smallest absolute Gasteiger partial charge is 0.306 e. The molecule has 0 aliphatic carbocycles. The van der Waals surface area contributed by atoms with Crippen LogP contribution in [-0.2, 0) is 32.7 Å². The van der Waals surface area contributed by atoms with Crippen molar-refractivity contribution in [3.63, 3.8) is 0 Å². The maximum absolute atomic E-state index is 12.9. The Morgan fingerprint density at radius 2 is 0.559 bits per heavy atom. The molecule has 9 nitrogen and oxygen atoms in total. The number of allylic oxidation sites excluding steroid dienone is 8. The van der Waals surface area contributed by atoms with Gasteiger partial charge in [0.15, 0.2) is 6.10 Å². The number of unbranched alkanes of at least 4 members (excludes halogenated alkanes) is 64. The quantitative estimate of drug-likeness (QED) is 0.0195. The zero-order valence-corrected chi connectivity index (χ0v) is 70.0. The van der Waals surface area contributed by atoms with Gasteiger partial charge in [0.2, 0.25) is 0 Å². The molecule has 102 heavy (non-hydrogen) atoms. The van der Waals surface area contributed by atoms with Crippen molar-refractivity contribution in [2.75, 3.05) is 47.5 Å². The van der Waals surface area contributed by atoms with Crippen LogP contribution in [0.3, 0.4) is 0 Å². The number of hydrogen-bond donors (Lipinski definition) is 0. The topological polar surface area (TPSA) is 111 Å². The lowest BCUT2D eigenvalue weighted by atomic mass is 10.0. The van der Waals surface area contributed by atoms with Crippen molar-refractivity contribution in [2.24, 2.45) is 0 Å². The Hall–Kier alpha value is -2.03. The van der Waals surface area contributed by atoms with Gasteiger partial charge in [0, 0.05) is 12.8 Å². The molecule has 0 saturated heterocycles. The first-order valence-corrected chi connectivity index (χ1v) is 46.8. The Labute approximate surface area is 636 Å². The molecule has 0 N–H and O–H groups in total. The van der Waals surface area contributed by atoms with Gasteiger partial charge in [-0.2, -0.15) is 0 Å². The van der Waals surface area contributed by atoms with E-state index in [1.54, 1.807) is 0 Å². The third-order valence-corrected chi connectivity index (χ3v) is 21.8. The fourth-order valence-electron chi connectivity index (χ4n) is 14.0. The average Bonchev–Trinajstić information content (AvgIpc) is 0.916. The summed E-state index contributed by atoms with van der Waals surface area (Å²) >= 11 is 0. The van der Waals surface area contributed by atoms with E-state index in [2.05, 4.69) is 62.5 Å². The minimum atomic E-state index is -4.64. The molecule has 0 bridgehead atoms. The molecule has 0 aromatic heterocycles. The van der Waals surface area contributed by atoms with Crippen molar-refractivity contribution in [2.45, 2.75) is 482 Å². The summed E-state index contributed by atoms with van der Waals surface area (Å²) in [5.41, 5.74) is 0. The Morgan fingerprint density at radius 3 is 0.833 bits per heavy atom. The van der Waals surface area contributed by atoms with Crippen LogP contribution in [0.5, 0.6) is 0 Å². The summed E-state index contributed by atoms with van der Waals surface area (Å²) in [6.07, 6.45) is 112. The molecule has 0 aromatic rings. The van der Waals surface area contributed by atoms with Gasteiger partial charge in [0.05, 0.1) is 27.7 Å². The van der Waals surface area contributed by atoms with Gasteiger partial charge >= 0.3 is 11.9 Å². The van der Waals surface area contributed by atoms with Crippen LogP contribution in [0.15, 0.2) is 48.6 Å². The molecular weight excluding hydrogens is 1280 g/mol. The van der Waals surface area contributed by atoms with Crippen LogP contribution >= 0.6 is 7.82 Å². The molecule has 0 saturated carbocycles. The Bertz CT molecular complexity index is 1860. The molecule has 0 amide bonds. The van der Waals surface area contributed by atoms with Gasteiger partial charge in [0.25, 0.3) is 7.82 Å². The molecule has 0 spiro atoms. The fraction of sp³-hybridized carbons (Fsp3) is 0.891. The molecule has 0 heterocycles. The van der Waals surface area contributed by atoms with E-state index in [1.807, 2.05) is 21.1 Å². The second-order valence-corrected chi connectivity index (χ2v) is 33.7. The standard InChI is InChI=1S/C92H176NO8P/c1-6-8-10-12-14-16-18-20-22-24-26-28-30-32-34-36-38-40-42-44-45-46-47-49-51-53-55-57-59-61-63-65-67-69-71-73-75-77-79-81-83-85-92(95)101-90(89-100-102(96,97)99-87-86-93(3,4)5)88-98-91(94)84-82-80-78-76-74-72-70-68-66-64-62-60-58-56-54-52-50-48-43-41-39-37-35-33-31-29-27-25-23-21-19-17-15-13-11-9-7-2/h8,10,14,16,20,22,26,28,90H,6-7,9,11-13,15,17-19,21,23-25,27,29-89H2,1-5H3/b10-8-,16-14-,22-20-,28-26-. The van der Waals surface area contributed by atoms with E-state index < -0.39 is 26.5 Å². The lowest BCUT2D eigenvalue weighted by Gasteiger charge is -2.28. The minimum absolute atomic E-state index is 0.0266. The zero-order valence-electron chi connectivity index (χ0n) is 69.1. The molecule has 0 aliphatic heterocycles. The van der Waals surface area contributed by atoms with Gasteiger partial charge in [-0.15, -0.1) is 0 Å². The Morgan fingerprint density at radius 1 is 0.314 bits per heavy atom. The lowest BCUT2D eigenvalue weighted by Crippen LogP contribution is -2.37. The molecule has 0 aliphatic rings. The first-order chi connectivity index (χ1) is 50.0. The fourth-order valence-corrected chi connectivity index (χ4v) is 14.7. The molecule has 602 valence electrons. The van der Waals surface area contributed by atoms with Crippen LogP contribution in [0.1, 0.15) is 476 Å². The number of carbonyl (C=O) groups excluding carboxylic acids is 2. The van der Waals surface area contributed by atoms with Gasteiger partial charge in [-0.3, -0.25) is 14.2 Å². The van der Waals surface area contributed by atoms with E-state index >= 15 is 0 Å². The van der Waals surface area contributed by atoms with Crippen LogP contribution in [0.25, 0.3) is 0 Å². The van der Waals surface area contributed by atoms with Crippen LogP contribution in [-0.4, -0.2) is 70.0 Å². The first kappa shape index (κ1) is 100.0. The van der Waals surface area contributed by atoms with E-state index in [4.69, 9.17) is 18.5 Å². The Kier molecular flexibility index (Phi) is 81.4. The number of phosphoric ester groups is 1. The van der Waals surface area contributed by atoms with Crippen LogP contribution in [0, 0.1) is 0 Å². The van der Waals surface area contributed by atoms with E-state index in [1.165, 1.54) is 385 Å². The van der Waals surface area contributed by atoms with Crippen LogP contribution < -0.4 is 4.89 Å². The van der Waals surface area contributed by atoms with E-state index in [0.29, 0.717) is 17.4 Å². The third kappa shape index (κ3) is 86.9. The normalized spacial score (nSPS) is 13.1. The number of likely N-dealkylation sites (N-methyl/N-ethyl adjacent to an activating group) is 1. The highest BCUT2D eigenvalue weighted by molar-refractivity contribution is 7.45. The highest BCUT2D eigenvalue weighted by Crippen LogP contribution is 2.38. The average molecular weight is 1460 g/mol. The van der Waals surface area contributed by atoms with Gasteiger partial charge < -0.3 is 27.9 Å². The van der Waals surface area contributed by atoms with Crippen molar-refractivity contribution in [1.29, 1.82) is 0 Å². The van der Waals surface area contributed by atoms with E-state index in [0.717, 1.165) is 57.8 Å². The summed E-state index contributed by atoms with van der Waals surface area (Å²) < 4.78 is 34.5. The molecule has 10 heteroatoms. The van der Waals surface area contributed by atoms with Crippen molar-refractivity contribution in [3.8, 4) is 0 Å². The SMILES string of the molecule is CC/C=C\C/C=C\C/C=C\C/C=C\CCCCCCCCCCCCCCCCCCCCCCCCCCCCCCC(=O)OC(COC(=O)CCCCCCCCCCCCCCCCCCCCCCCCCCCCCCCCCCCCCCC)COP(=O)([O-])OCC[N+](C)(C)C. The van der Waals surface area contributed by atoms with E-state index in [-0.39, 0.29) is 32.0 Å². The monoisotopic (exact) mass is 1450 g/mol. The summed E-state index contributed by atoms with van der Waals surface area (Å²) in [7, 11) is 1.20. The van der Waals surface area contributed by atoms with Gasteiger partial charge in [-0.05, 0) is 51.4 Å². The highest BCUT2D eigenvalue weighted by atomic mass is 31.2. The lowest BCUT2D eigenvalue weighted by molar-refractivity contribution is -0.870. The summed E-state index contributed by atoms with van der Waals surface area (Å²) in [6, 6.07) is 0. The second-order valence-electron chi connectivity index (χ2n) is 32.3. The number of carbonyl (C=O) groups is 2. The number of nitrogens with zero attached hydrogens (tertiary/aromatic N) is 1. The summed E-state index contributed by atoms with van der Waals surface area (Å²) in [6.45, 7) is 4.22. The van der Waals surface area contributed by atoms with Gasteiger partial charge in [-0.1, -0.05) is 461 Å². The van der Waals surface area contributed by atoms with Gasteiger partial charge in [0.1, 0.15) is 19.8 Å². The highest BCUT2D eigenvalue weighted by Gasteiger charge is 2.22. The van der Waals surface area contributed by atoms with Crippen molar-refractivity contribution in [3.05, 3.63) is 48.6 Å². The molecule has 2 atom stereocenters. The third-order valence-electron chi connectivity index (χ3n) is 20.9. The largest absolute Gasteiger partial charge is 0.756 e. The molecule has 0 radical (unpaired) electrons. The Balaban J connectivity index is 3.82. The van der Waals surface area contributed by atoms with Crippen LogP contribution in [0.4, 0.5) is 0 Å². The minimum Gasteiger partial charge on any atom is -0.756 e. The molecule has 0 fully saturated rings. The van der Waals surface area contributed by atoms with Crippen molar-refractivity contribution >= 4 is 19.8 Å². The summed E-state index contributed by atoms with van der Waals surface area (Å²) in [4.78, 5) is 38.3. The predicted molar refractivity (Wildman–Crippen MR) is 444 cm³/mol. The van der Waals surface area contributed by atoms with Gasteiger partial charge in [-0.25, -0.2) is 0 Å². The summed E-state index contributed by atoms with van der Waals surface area (Å²) in [5, 5.41) is 0. The second kappa shape index (κ2) is 83.0. The van der Waals surface area contributed by atoms with Crippen LogP contribution in [0.2, 0.25) is 0 Å². The van der Waals surface area contributed by atoms with E-state index in [9.17, 15) is 19.0 Å². The predicted octanol–water partition coefficient (Wildman–Crippen LogP) is 30.0. The molecule has 2 unspecified atom stereocenters. The molecule has 0 aromatic carbocycles. The van der Waals surface area contributed by atoms with Crippen molar-refractivity contribution < 1.29 is 42.1 Å². The number of hydrogen-bond acceptors (Lipinski definition) is 8.